The van der Waals surface area contributed by atoms with Crippen LogP contribution >= 0.6 is 22.6 Å². The summed E-state index contributed by atoms with van der Waals surface area (Å²) in [7, 11) is 9.16. The van der Waals surface area contributed by atoms with Crippen LogP contribution in [0.5, 0.6) is 34.5 Å². The molecule has 10 nitrogen and oxygen atoms in total. The highest BCUT2D eigenvalue weighted by molar-refractivity contribution is 14.1. The van der Waals surface area contributed by atoms with E-state index in [1.807, 2.05) is 0 Å². The predicted molar refractivity (Wildman–Crippen MR) is 154 cm³/mol. The molecule has 0 radical (unpaired) electrons. The molecule has 3 aromatic carbocycles. The summed E-state index contributed by atoms with van der Waals surface area (Å²) >= 11 is 2.08. The topological polar surface area (TPSA) is 114 Å². The van der Waals surface area contributed by atoms with Crippen LogP contribution in [0.1, 0.15) is 31.8 Å². The van der Waals surface area contributed by atoms with Gasteiger partial charge in [-0.1, -0.05) is 0 Å². The van der Waals surface area contributed by atoms with Crippen LogP contribution in [0.3, 0.4) is 0 Å². The number of carbonyl (C=O) groups is 2. The lowest BCUT2D eigenvalue weighted by Gasteiger charge is -2.15. The minimum atomic E-state index is -0.332. The van der Waals surface area contributed by atoms with E-state index in [9.17, 15) is 9.59 Å². The lowest BCUT2D eigenvalue weighted by atomic mass is 10.1. The minimum absolute atomic E-state index is 0.212. The van der Waals surface area contributed by atoms with E-state index in [-0.39, 0.29) is 24.9 Å². The Bertz CT molecular complexity index is 1200. The molecule has 208 valence electrons. The van der Waals surface area contributed by atoms with Crippen molar-refractivity contribution in [3.05, 3.63) is 68.3 Å². The van der Waals surface area contributed by atoms with E-state index in [1.54, 1.807) is 42.5 Å². The molecule has 3 aromatic rings. The zero-order valence-corrected chi connectivity index (χ0v) is 24.8. The average Bonchev–Trinajstić information content (AvgIpc) is 2.96. The molecule has 0 aliphatic heterocycles. The first-order chi connectivity index (χ1) is 18.8. The Morgan fingerprint density at radius 2 is 0.897 bits per heavy atom. The van der Waals surface area contributed by atoms with Crippen LogP contribution in [0.25, 0.3) is 0 Å². The van der Waals surface area contributed by atoms with Gasteiger partial charge in [0.25, 0.3) is 11.8 Å². The van der Waals surface area contributed by atoms with E-state index in [2.05, 4.69) is 33.2 Å². The quantitative estimate of drug-likeness (QED) is 0.281. The van der Waals surface area contributed by atoms with Gasteiger partial charge < -0.3 is 39.1 Å². The maximum atomic E-state index is 13.0. The summed E-state index contributed by atoms with van der Waals surface area (Å²) in [5.74, 6) is 2.22. The van der Waals surface area contributed by atoms with E-state index in [1.165, 1.54) is 42.7 Å². The number of benzene rings is 3. The van der Waals surface area contributed by atoms with Gasteiger partial charge in [-0.3, -0.25) is 9.59 Å². The van der Waals surface area contributed by atoms with Crippen LogP contribution < -0.4 is 39.1 Å². The molecule has 2 N–H and O–H groups in total. The molecule has 0 aliphatic carbocycles. The molecule has 0 saturated carbocycles. The molecule has 0 bridgehead atoms. The minimum Gasteiger partial charge on any atom is -0.493 e. The molecule has 0 spiro atoms. The fourth-order valence-electron chi connectivity index (χ4n) is 3.90. The van der Waals surface area contributed by atoms with Crippen molar-refractivity contribution in [2.24, 2.45) is 0 Å². The number of halogens is 1. The summed E-state index contributed by atoms with van der Waals surface area (Å²) in [5.41, 5.74) is 2.22. The number of rotatable bonds is 12. The summed E-state index contributed by atoms with van der Waals surface area (Å²) in [6.45, 7) is 0.424. The lowest BCUT2D eigenvalue weighted by molar-refractivity contribution is 0.0950. The van der Waals surface area contributed by atoms with Crippen molar-refractivity contribution in [2.75, 3.05) is 42.7 Å². The van der Waals surface area contributed by atoms with E-state index < -0.39 is 0 Å². The molecule has 11 heteroatoms. The second-order valence-electron chi connectivity index (χ2n) is 8.16. The van der Waals surface area contributed by atoms with Gasteiger partial charge in [-0.25, -0.2) is 0 Å². The SMILES string of the molecule is COc1cc(CNC(=O)c2cc(I)cc(C(=O)NCc3cc(OC)c(OC)c(OC)c3)c2)cc(OC)c1OC. The third-order valence-electron chi connectivity index (χ3n) is 5.78. The van der Waals surface area contributed by atoms with Crippen LogP contribution in [0.2, 0.25) is 0 Å². The highest BCUT2D eigenvalue weighted by Crippen LogP contribution is 2.39. The van der Waals surface area contributed by atoms with Crippen molar-refractivity contribution in [3.63, 3.8) is 0 Å². The lowest BCUT2D eigenvalue weighted by Crippen LogP contribution is -2.25. The first-order valence-corrected chi connectivity index (χ1v) is 12.8. The van der Waals surface area contributed by atoms with E-state index in [0.717, 1.165) is 14.7 Å². The molecule has 0 heterocycles. The van der Waals surface area contributed by atoms with E-state index >= 15 is 0 Å². The largest absolute Gasteiger partial charge is 0.493 e. The van der Waals surface area contributed by atoms with Crippen LogP contribution in [-0.2, 0) is 13.1 Å². The average molecular weight is 650 g/mol. The van der Waals surface area contributed by atoms with Crippen molar-refractivity contribution in [1.29, 1.82) is 0 Å². The van der Waals surface area contributed by atoms with Gasteiger partial charge in [-0.15, -0.1) is 0 Å². The second-order valence-corrected chi connectivity index (χ2v) is 9.41. The number of hydrogen-bond acceptors (Lipinski definition) is 8. The molecule has 0 aliphatic rings. The number of amides is 2. The molecule has 0 fully saturated rings. The summed E-state index contributed by atoms with van der Waals surface area (Å²) in [4.78, 5) is 26.0. The zero-order valence-electron chi connectivity index (χ0n) is 22.6. The third kappa shape index (κ3) is 7.16. The number of hydrogen-bond donors (Lipinski definition) is 2. The Morgan fingerprint density at radius 1 is 0.564 bits per heavy atom. The Labute approximate surface area is 241 Å². The normalized spacial score (nSPS) is 10.3. The van der Waals surface area contributed by atoms with E-state index in [4.69, 9.17) is 28.4 Å². The monoisotopic (exact) mass is 650 g/mol. The molecular formula is C28H31IN2O8. The Balaban J connectivity index is 1.73. The zero-order chi connectivity index (χ0) is 28.5. The van der Waals surface area contributed by atoms with Crippen molar-refractivity contribution in [1.82, 2.24) is 10.6 Å². The van der Waals surface area contributed by atoms with Crippen molar-refractivity contribution in [3.8, 4) is 34.5 Å². The number of nitrogens with one attached hydrogen (secondary N) is 2. The second kappa shape index (κ2) is 13.8. The van der Waals surface area contributed by atoms with Crippen LogP contribution in [0.15, 0.2) is 42.5 Å². The van der Waals surface area contributed by atoms with Gasteiger partial charge in [0.2, 0.25) is 11.5 Å². The van der Waals surface area contributed by atoms with Crippen molar-refractivity contribution >= 4 is 34.4 Å². The Morgan fingerprint density at radius 3 is 1.18 bits per heavy atom. The highest BCUT2D eigenvalue weighted by atomic mass is 127. The first-order valence-electron chi connectivity index (χ1n) is 11.7. The molecule has 3 rings (SSSR count). The first kappa shape index (κ1) is 29.7. The molecule has 0 atom stereocenters. The molecule has 0 unspecified atom stereocenters. The summed E-state index contributed by atoms with van der Waals surface area (Å²) in [5, 5.41) is 5.75. The summed E-state index contributed by atoms with van der Waals surface area (Å²) in [6, 6.07) is 12.0. The van der Waals surface area contributed by atoms with Gasteiger partial charge in [0.15, 0.2) is 23.0 Å². The van der Waals surface area contributed by atoms with Gasteiger partial charge in [-0.2, -0.15) is 0 Å². The number of methoxy groups -OCH3 is 6. The number of carbonyl (C=O) groups excluding carboxylic acids is 2. The fraction of sp³-hybridized carbons (Fsp3) is 0.286. The van der Waals surface area contributed by atoms with Crippen LogP contribution in [0, 0.1) is 3.57 Å². The molecular weight excluding hydrogens is 619 g/mol. The molecule has 0 aromatic heterocycles. The van der Waals surface area contributed by atoms with Crippen molar-refractivity contribution in [2.45, 2.75) is 13.1 Å². The van der Waals surface area contributed by atoms with Crippen molar-refractivity contribution < 1.29 is 38.0 Å². The van der Waals surface area contributed by atoms with Gasteiger partial charge in [-0.05, 0) is 76.2 Å². The van der Waals surface area contributed by atoms with E-state index in [0.29, 0.717) is 45.6 Å². The number of ether oxygens (including phenoxy) is 6. The van der Waals surface area contributed by atoms with Gasteiger partial charge >= 0.3 is 0 Å². The Hall–Kier alpha value is -3.87. The molecule has 0 saturated heterocycles. The predicted octanol–water partition coefficient (Wildman–Crippen LogP) is 4.20. The maximum Gasteiger partial charge on any atom is 0.251 e. The smallest absolute Gasteiger partial charge is 0.251 e. The van der Waals surface area contributed by atoms with Gasteiger partial charge in [0.1, 0.15) is 0 Å². The summed E-state index contributed by atoms with van der Waals surface area (Å²) < 4.78 is 32.9. The van der Waals surface area contributed by atoms with Gasteiger partial charge in [0, 0.05) is 27.8 Å². The maximum absolute atomic E-state index is 13.0. The standard InChI is InChI=1S/C28H31IN2O8/c1-34-21-7-16(8-22(35-2)25(21)38-5)14-30-27(32)18-11-19(13-20(29)12-18)28(33)31-15-17-9-23(36-3)26(39-6)24(10-17)37-4/h7-13H,14-15H2,1-6H3,(H,30,32)(H,31,33). The third-order valence-corrected chi connectivity index (χ3v) is 6.40. The van der Waals surface area contributed by atoms with Crippen LogP contribution in [-0.4, -0.2) is 54.5 Å². The van der Waals surface area contributed by atoms with Crippen LogP contribution in [0.4, 0.5) is 0 Å². The van der Waals surface area contributed by atoms with Gasteiger partial charge in [0.05, 0.1) is 42.7 Å². The highest BCUT2D eigenvalue weighted by Gasteiger charge is 2.17. The molecule has 2 amide bonds. The summed E-state index contributed by atoms with van der Waals surface area (Å²) in [6.07, 6.45) is 0. The molecule has 39 heavy (non-hydrogen) atoms. The fourth-order valence-corrected chi connectivity index (χ4v) is 4.57. The Kier molecular flexibility index (Phi) is 10.5.